The van der Waals surface area contributed by atoms with E-state index in [1.165, 1.54) is 4.88 Å². The zero-order chi connectivity index (χ0) is 20.7. The number of hydrogen-bond donors (Lipinski definition) is 2. The van der Waals surface area contributed by atoms with Crippen LogP contribution >= 0.6 is 22.7 Å². The molecule has 7 heteroatoms. The smallest absolute Gasteiger partial charge is 0.272 e. The fourth-order valence-corrected chi connectivity index (χ4v) is 6.16. The molecule has 0 radical (unpaired) electrons. The number of carbonyl (C=O) groups excluding carboxylic acids is 2. The van der Waals surface area contributed by atoms with Crippen molar-refractivity contribution >= 4 is 49.7 Å². The van der Waals surface area contributed by atoms with Crippen LogP contribution in [0.3, 0.4) is 0 Å². The summed E-state index contributed by atoms with van der Waals surface area (Å²) in [5.74, 6) is -0.241. The fraction of sp³-hybridized carbons (Fsp3) is 0.455. The molecule has 0 bridgehead atoms. The molecule has 1 aliphatic carbocycles. The van der Waals surface area contributed by atoms with Gasteiger partial charge in [0, 0.05) is 17.0 Å². The molecular formula is C22H27N3O2S2. The van der Waals surface area contributed by atoms with Crippen LogP contribution in [0.25, 0.3) is 10.2 Å². The highest BCUT2D eigenvalue weighted by Crippen LogP contribution is 2.39. The van der Waals surface area contributed by atoms with E-state index in [1.807, 2.05) is 25.3 Å². The molecule has 0 atom stereocenters. The highest BCUT2D eigenvalue weighted by atomic mass is 32.1. The summed E-state index contributed by atoms with van der Waals surface area (Å²) in [6.45, 7) is 8.08. The van der Waals surface area contributed by atoms with Crippen LogP contribution in [-0.2, 0) is 12.8 Å². The van der Waals surface area contributed by atoms with Gasteiger partial charge in [-0.3, -0.25) is 9.59 Å². The summed E-state index contributed by atoms with van der Waals surface area (Å²) in [5, 5.41) is 8.82. The molecule has 154 valence electrons. The third-order valence-electron chi connectivity index (χ3n) is 5.25. The Hall–Kier alpha value is -2.12. The lowest BCUT2D eigenvalue weighted by Gasteiger charge is -2.15. The molecule has 0 saturated carbocycles. The van der Waals surface area contributed by atoms with Crippen LogP contribution in [0, 0.1) is 0 Å². The summed E-state index contributed by atoms with van der Waals surface area (Å²) in [6.07, 6.45) is 4.11. The maximum absolute atomic E-state index is 13.3. The Morgan fingerprint density at radius 3 is 2.59 bits per heavy atom. The number of nitrogens with one attached hydrogen (secondary N) is 2. The van der Waals surface area contributed by atoms with Crippen LogP contribution in [0.1, 0.15) is 77.9 Å². The van der Waals surface area contributed by atoms with E-state index in [1.54, 1.807) is 22.7 Å². The monoisotopic (exact) mass is 429 g/mol. The van der Waals surface area contributed by atoms with Crippen LogP contribution < -0.4 is 10.6 Å². The van der Waals surface area contributed by atoms with Crippen molar-refractivity contribution in [3.05, 3.63) is 39.2 Å². The number of aromatic nitrogens is 1. The summed E-state index contributed by atoms with van der Waals surface area (Å²) in [5.41, 5.74) is 3.51. The van der Waals surface area contributed by atoms with Gasteiger partial charge in [0.05, 0.1) is 15.8 Å². The van der Waals surface area contributed by atoms with Crippen LogP contribution in [-0.4, -0.2) is 22.4 Å². The molecule has 0 unspecified atom stereocenters. The van der Waals surface area contributed by atoms with Crippen molar-refractivity contribution in [2.24, 2.45) is 0 Å². The zero-order valence-electron chi connectivity index (χ0n) is 17.3. The zero-order valence-corrected chi connectivity index (χ0v) is 18.9. The van der Waals surface area contributed by atoms with E-state index >= 15 is 0 Å². The molecule has 3 aromatic rings. The molecule has 5 nitrogen and oxygen atoms in total. The number of anilines is 1. The highest BCUT2D eigenvalue weighted by Gasteiger charge is 2.28. The van der Waals surface area contributed by atoms with Gasteiger partial charge in [-0.05, 0) is 76.5 Å². The average molecular weight is 430 g/mol. The topological polar surface area (TPSA) is 63.1 Å². The Morgan fingerprint density at radius 1 is 1.10 bits per heavy atom. The average Bonchev–Trinajstić information content (AvgIpc) is 3.32. The SMILES string of the molecule is CC(C)NC(=O)c1c(NC(=O)c2cc3sccc3n2C(C)C)sc2c1CCCC2. The highest BCUT2D eigenvalue weighted by molar-refractivity contribution is 7.17. The predicted molar refractivity (Wildman–Crippen MR) is 122 cm³/mol. The van der Waals surface area contributed by atoms with Gasteiger partial charge < -0.3 is 15.2 Å². The molecular weight excluding hydrogens is 402 g/mol. The van der Waals surface area contributed by atoms with Crippen molar-refractivity contribution in [1.82, 2.24) is 9.88 Å². The first-order valence-corrected chi connectivity index (χ1v) is 11.9. The lowest BCUT2D eigenvalue weighted by molar-refractivity contribution is 0.0943. The Balaban J connectivity index is 1.72. The Labute approximate surface area is 179 Å². The van der Waals surface area contributed by atoms with Crippen LogP contribution in [0.4, 0.5) is 5.00 Å². The number of fused-ring (bicyclic) bond motifs is 2. The second-order valence-electron chi connectivity index (χ2n) is 8.16. The van der Waals surface area contributed by atoms with Gasteiger partial charge in [-0.25, -0.2) is 0 Å². The second kappa shape index (κ2) is 7.95. The first-order chi connectivity index (χ1) is 13.9. The quantitative estimate of drug-likeness (QED) is 0.553. The fourth-order valence-electron chi connectivity index (χ4n) is 4.07. The molecule has 0 aliphatic heterocycles. The minimum atomic E-state index is -0.153. The van der Waals surface area contributed by atoms with Crippen molar-refractivity contribution < 1.29 is 9.59 Å². The first-order valence-electron chi connectivity index (χ1n) is 10.2. The van der Waals surface area contributed by atoms with Crippen molar-refractivity contribution in [2.75, 3.05) is 5.32 Å². The number of carbonyl (C=O) groups is 2. The van der Waals surface area contributed by atoms with Gasteiger partial charge in [-0.15, -0.1) is 22.7 Å². The molecule has 3 aromatic heterocycles. The molecule has 0 fully saturated rings. The third-order valence-corrected chi connectivity index (χ3v) is 7.31. The van der Waals surface area contributed by atoms with E-state index in [0.29, 0.717) is 16.3 Å². The Bertz CT molecular complexity index is 1070. The lowest BCUT2D eigenvalue weighted by Crippen LogP contribution is -2.31. The van der Waals surface area contributed by atoms with Crippen LogP contribution in [0.15, 0.2) is 17.5 Å². The van der Waals surface area contributed by atoms with E-state index in [9.17, 15) is 9.59 Å². The van der Waals surface area contributed by atoms with E-state index in [-0.39, 0.29) is 23.9 Å². The van der Waals surface area contributed by atoms with Gasteiger partial charge in [-0.1, -0.05) is 0 Å². The van der Waals surface area contributed by atoms with Gasteiger partial charge >= 0.3 is 0 Å². The van der Waals surface area contributed by atoms with Gasteiger partial charge in [0.25, 0.3) is 11.8 Å². The minimum absolute atomic E-state index is 0.0511. The van der Waals surface area contributed by atoms with E-state index in [4.69, 9.17) is 0 Å². The molecule has 3 heterocycles. The Morgan fingerprint density at radius 2 is 1.86 bits per heavy atom. The number of hydrogen-bond acceptors (Lipinski definition) is 4. The first kappa shape index (κ1) is 20.2. The largest absolute Gasteiger partial charge is 0.350 e. The van der Waals surface area contributed by atoms with Gasteiger partial charge in [0.2, 0.25) is 0 Å². The summed E-state index contributed by atoms with van der Waals surface area (Å²) in [7, 11) is 0. The number of rotatable bonds is 5. The summed E-state index contributed by atoms with van der Waals surface area (Å²) < 4.78 is 3.18. The maximum Gasteiger partial charge on any atom is 0.272 e. The number of nitrogens with zero attached hydrogens (tertiary/aromatic N) is 1. The molecule has 4 rings (SSSR count). The van der Waals surface area contributed by atoms with Crippen molar-refractivity contribution in [2.45, 2.75) is 65.5 Å². The third kappa shape index (κ3) is 3.73. The molecule has 0 spiro atoms. The second-order valence-corrected chi connectivity index (χ2v) is 10.2. The molecule has 29 heavy (non-hydrogen) atoms. The van der Waals surface area contributed by atoms with Crippen LogP contribution in [0.2, 0.25) is 0 Å². The van der Waals surface area contributed by atoms with Crippen LogP contribution in [0.5, 0.6) is 0 Å². The van der Waals surface area contributed by atoms with Gasteiger partial charge in [0.15, 0.2) is 0 Å². The van der Waals surface area contributed by atoms with Gasteiger partial charge in [-0.2, -0.15) is 0 Å². The van der Waals surface area contributed by atoms with Crippen molar-refractivity contribution in [1.29, 1.82) is 0 Å². The minimum Gasteiger partial charge on any atom is -0.350 e. The number of thiophene rings is 2. The van der Waals surface area contributed by atoms with Gasteiger partial charge in [0.1, 0.15) is 10.7 Å². The van der Waals surface area contributed by atoms with Crippen molar-refractivity contribution in [3.63, 3.8) is 0 Å². The Kier molecular flexibility index (Phi) is 5.53. The molecule has 2 amide bonds. The molecule has 1 aliphatic rings. The molecule has 0 saturated heterocycles. The van der Waals surface area contributed by atoms with E-state index in [2.05, 4.69) is 35.1 Å². The molecule has 0 aromatic carbocycles. The lowest BCUT2D eigenvalue weighted by atomic mass is 9.95. The summed E-state index contributed by atoms with van der Waals surface area (Å²) in [6, 6.07) is 4.23. The number of amides is 2. The summed E-state index contributed by atoms with van der Waals surface area (Å²) >= 11 is 3.20. The normalized spacial score (nSPS) is 13.9. The molecule has 2 N–H and O–H groups in total. The van der Waals surface area contributed by atoms with Crippen molar-refractivity contribution in [3.8, 4) is 0 Å². The van der Waals surface area contributed by atoms with E-state index < -0.39 is 0 Å². The van der Waals surface area contributed by atoms with E-state index in [0.717, 1.165) is 41.5 Å². The standard InChI is InChI=1S/C22H27N3O2S2/c1-12(2)23-21(27)19-14-7-5-6-8-17(14)29-22(19)24-20(26)16-11-18-15(9-10-28-18)25(16)13(3)4/h9-13H,5-8H2,1-4H3,(H,23,27)(H,24,26). The maximum atomic E-state index is 13.3. The summed E-state index contributed by atoms with van der Waals surface area (Å²) in [4.78, 5) is 27.4. The predicted octanol–water partition coefficient (Wildman–Crippen LogP) is 5.61. The number of aryl methyl sites for hydroxylation is 1.